The summed E-state index contributed by atoms with van der Waals surface area (Å²) in [6.45, 7) is 4.91. The van der Waals surface area contributed by atoms with Crippen LogP contribution in [0.25, 0.3) is 0 Å². The lowest BCUT2D eigenvalue weighted by molar-refractivity contribution is 0.0289. The molecule has 1 aromatic carbocycles. The Morgan fingerprint density at radius 2 is 1.90 bits per heavy atom. The highest BCUT2D eigenvalue weighted by Gasteiger charge is 2.24. The van der Waals surface area contributed by atoms with Gasteiger partial charge in [-0.25, -0.2) is 0 Å². The maximum atomic E-state index is 5.90. The van der Waals surface area contributed by atoms with Crippen LogP contribution >= 0.6 is 0 Å². The second kappa shape index (κ2) is 8.82. The largest absolute Gasteiger partial charge is 0.497 e. The highest BCUT2D eigenvalue weighted by molar-refractivity contribution is 5.43. The zero-order valence-corrected chi connectivity index (χ0v) is 13.2. The Kier molecular flexibility index (Phi) is 7.41. The lowest BCUT2D eigenvalue weighted by Crippen LogP contribution is -2.32. The molecule has 1 rings (SSSR count). The fourth-order valence-electron chi connectivity index (χ4n) is 2.46. The molecule has 0 aromatic heterocycles. The van der Waals surface area contributed by atoms with Crippen LogP contribution in [-0.4, -0.2) is 34.0 Å². The first-order chi connectivity index (χ1) is 9.71. The topological polar surface area (TPSA) is 39.7 Å². The minimum Gasteiger partial charge on any atom is -0.497 e. The minimum atomic E-state index is 0.107. The first-order valence-electron chi connectivity index (χ1n) is 7.22. The smallest absolute Gasteiger partial charge is 0.127 e. The molecule has 0 aliphatic rings. The summed E-state index contributed by atoms with van der Waals surface area (Å²) >= 11 is 0. The number of methoxy groups -OCH3 is 2. The molecule has 0 saturated heterocycles. The van der Waals surface area contributed by atoms with Crippen LogP contribution in [0.1, 0.15) is 38.3 Å². The van der Waals surface area contributed by atoms with Crippen LogP contribution in [0.5, 0.6) is 11.5 Å². The molecule has 20 heavy (non-hydrogen) atoms. The Hall–Kier alpha value is -1.26. The summed E-state index contributed by atoms with van der Waals surface area (Å²) in [4.78, 5) is 0. The van der Waals surface area contributed by atoms with Crippen LogP contribution in [0, 0.1) is 0 Å². The Balaban J connectivity index is 3.08. The normalized spacial score (nSPS) is 13.8. The third-order valence-electron chi connectivity index (χ3n) is 3.41. The van der Waals surface area contributed by atoms with Crippen LogP contribution in [0.15, 0.2) is 18.2 Å². The Morgan fingerprint density at radius 3 is 2.40 bits per heavy atom. The predicted octanol–water partition coefficient (Wildman–Crippen LogP) is 3.17. The second-order valence-corrected chi connectivity index (χ2v) is 4.66. The van der Waals surface area contributed by atoms with Gasteiger partial charge in [0.15, 0.2) is 0 Å². The van der Waals surface area contributed by atoms with Gasteiger partial charge in [-0.2, -0.15) is 0 Å². The summed E-state index contributed by atoms with van der Waals surface area (Å²) in [5.41, 5.74) is 1.10. The van der Waals surface area contributed by atoms with Gasteiger partial charge in [0.2, 0.25) is 0 Å². The van der Waals surface area contributed by atoms with Crippen molar-refractivity contribution in [3.8, 4) is 11.5 Å². The maximum Gasteiger partial charge on any atom is 0.127 e. The van der Waals surface area contributed by atoms with E-state index in [1.807, 2.05) is 32.2 Å². The molecule has 1 N–H and O–H groups in total. The fourth-order valence-corrected chi connectivity index (χ4v) is 2.46. The van der Waals surface area contributed by atoms with Gasteiger partial charge in [0.05, 0.1) is 26.4 Å². The van der Waals surface area contributed by atoms with Gasteiger partial charge in [0.1, 0.15) is 11.5 Å². The van der Waals surface area contributed by atoms with E-state index in [4.69, 9.17) is 14.2 Å². The predicted molar refractivity (Wildman–Crippen MR) is 81.7 cm³/mol. The second-order valence-electron chi connectivity index (χ2n) is 4.66. The van der Waals surface area contributed by atoms with Crippen molar-refractivity contribution in [3.63, 3.8) is 0 Å². The summed E-state index contributed by atoms with van der Waals surface area (Å²) < 4.78 is 16.6. The number of likely N-dealkylation sites (N-methyl/N-ethyl adjacent to an activating group) is 1. The molecule has 0 aliphatic heterocycles. The van der Waals surface area contributed by atoms with Crippen LogP contribution < -0.4 is 14.8 Å². The lowest BCUT2D eigenvalue weighted by atomic mass is 9.97. The molecule has 2 unspecified atom stereocenters. The molecule has 1 aromatic rings. The van der Waals surface area contributed by atoms with Crippen LogP contribution in [0.3, 0.4) is 0 Å². The fraction of sp³-hybridized carbons (Fsp3) is 0.625. The zero-order chi connectivity index (χ0) is 15.0. The van der Waals surface area contributed by atoms with Gasteiger partial charge in [-0.05, 0) is 32.5 Å². The minimum absolute atomic E-state index is 0.107. The number of hydrogen-bond donors (Lipinski definition) is 1. The molecule has 0 aliphatic carbocycles. The van der Waals surface area contributed by atoms with Gasteiger partial charge in [0.25, 0.3) is 0 Å². The number of nitrogens with one attached hydrogen (secondary N) is 1. The summed E-state index contributed by atoms with van der Waals surface area (Å²) in [6.07, 6.45) is 2.23. The molecule has 114 valence electrons. The molecular formula is C16H27NO3. The van der Waals surface area contributed by atoms with Gasteiger partial charge >= 0.3 is 0 Å². The summed E-state index contributed by atoms with van der Waals surface area (Å²) in [6, 6.07) is 6.02. The molecule has 0 heterocycles. The first-order valence-corrected chi connectivity index (χ1v) is 7.22. The highest BCUT2D eigenvalue weighted by Crippen LogP contribution is 2.33. The quantitative estimate of drug-likeness (QED) is 0.754. The molecule has 0 spiro atoms. The third kappa shape index (κ3) is 4.12. The van der Waals surface area contributed by atoms with Crippen molar-refractivity contribution in [2.45, 2.75) is 38.8 Å². The van der Waals surface area contributed by atoms with Crippen LogP contribution in [0.4, 0.5) is 0 Å². The van der Waals surface area contributed by atoms with Crippen molar-refractivity contribution in [2.24, 2.45) is 0 Å². The van der Waals surface area contributed by atoms with E-state index in [2.05, 4.69) is 12.2 Å². The van der Waals surface area contributed by atoms with Gasteiger partial charge in [-0.15, -0.1) is 0 Å². The van der Waals surface area contributed by atoms with Crippen LogP contribution in [-0.2, 0) is 4.74 Å². The number of benzene rings is 1. The average molecular weight is 281 g/mol. The van der Waals surface area contributed by atoms with Crippen molar-refractivity contribution in [2.75, 3.05) is 27.9 Å². The van der Waals surface area contributed by atoms with Gasteiger partial charge < -0.3 is 19.5 Å². The molecular weight excluding hydrogens is 254 g/mol. The molecule has 0 fully saturated rings. The third-order valence-corrected chi connectivity index (χ3v) is 3.41. The average Bonchev–Trinajstić information content (AvgIpc) is 2.48. The van der Waals surface area contributed by atoms with Crippen molar-refractivity contribution < 1.29 is 14.2 Å². The van der Waals surface area contributed by atoms with E-state index in [0.29, 0.717) is 6.61 Å². The van der Waals surface area contributed by atoms with E-state index in [0.717, 1.165) is 29.9 Å². The van der Waals surface area contributed by atoms with Crippen molar-refractivity contribution in [1.29, 1.82) is 0 Å². The van der Waals surface area contributed by atoms with E-state index in [-0.39, 0.29) is 12.1 Å². The first kappa shape index (κ1) is 16.8. The summed E-state index contributed by atoms with van der Waals surface area (Å²) in [7, 11) is 5.29. The number of ether oxygens (including phenoxy) is 3. The zero-order valence-electron chi connectivity index (χ0n) is 13.2. The summed E-state index contributed by atoms with van der Waals surface area (Å²) in [5, 5.41) is 3.35. The van der Waals surface area contributed by atoms with E-state index in [1.165, 1.54) is 0 Å². The van der Waals surface area contributed by atoms with Crippen molar-refractivity contribution in [3.05, 3.63) is 23.8 Å². The molecule has 4 heteroatoms. The van der Waals surface area contributed by atoms with Gasteiger partial charge in [0, 0.05) is 18.2 Å². The monoisotopic (exact) mass is 281 g/mol. The maximum absolute atomic E-state index is 5.90. The van der Waals surface area contributed by atoms with Crippen molar-refractivity contribution in [1.82, 2.24) is 5.32 Å². The van der Waals surface area contributed by atoms with E-state index in [9.17, 15) is 0 Å². The lowest BCUT2D eigenvalue weighted by Gasteiger charge is -2.28. The Labute approximate surface area is 122 Å². The molecule has 0 radical (unpaired) electrons. The molecule has 0 amide bonds. The SMILES string of the molecule is CCCC(OCC)C(NC)c1ccc(OC)cc1OC. The van der Waals surface area contributed by atoms with Crippen LogP contribution in [0.2, 0.25) is 0 Å². The number of hydrogen-bond acceptors (Lipinski definition) is 4. The molecule has 0 saturated carbocycles. The molecule has 4 nitrogen and oxygen atoms in total. The van der Waals surface area contributed by atoms with E-state index in [1.54, 1.807) is 14.2 Å². The Bertz CT molecular complexity index is 389. The Morgan fingerprint density at radius 1 is 1.15 bits per heavy atom. The molecule has 0 bridgehead atoms. The highest BCUT2D eigenvalue weighted by atomic mass is 16.5. The number of rotatable bonds is 9. The van der Waals surface area contributed by atoms with Gasteiger partial charge in [-0.1, -0.05) is 13.3 Å². The standard InChI is InChI=1S/C16H27NO3/c1-6-8-14(20-7-2)16(17-3)13-10-9-12(18-4)11-15(13)19-5/h9-11,14,16-17H,6-8H2,1-5H3. The summed E-state index contributed by atoms with van der Waals surface area (Å²) in [5.74, 6) is 1.62. The molecule has 2 atom stereocenters. The van der Waals surface area contributed by atoms with E-state index < -0.39 is 0 Å². The van der Waals surface area contributed by atoms with Crippen molar-refractivity contribution >= 4 is 0 Å². The van der Waals surface area contributed by atoms with Gasteiger partial charge in [-0.3, -0.25) is 0 Å². The van der Waals surface area contributed by atoms with E-state index >= 15 is 0 Å².